The van der Waals surface area contributed by atoms with Crippen LogP contribution in [0.5, 0.6) is 0 Å². The van der Waals surface area contributed by atoms with Gasteiger partial charge in [0.15, 0.2) is 0 Å². The van der Waals surface area contributed by atoms with E-state index >= 15 is 0 Å². The summed E-state index contributed by atoms with van der Waals surface area (Å²) in [5, 5.41) is 3.82. The first-order valence-corrected chi connectivity index (χ1v) is 5.73. The SMILES string of the molecule is CCC(Cl)CNCc1cc(F)ccc1Cl. The fraction of sp³-hybridized carbons (Fsp3) is 0.455. The van der Waals surface area contributed by atoms with Crippen LogP contribution in [0.4, 0.5) is 4.39 Å². The van der Waals surface area contributed by atoms with Gasteiger partial charge in [-0.2, -0.15) is 0 Å². The first-order valence-electron chi connectivity index (χ1n) is 4.92. The molecule has 15 heavy (non-hydrogen) atoms. The largest absolute Gasteiger partial charge is 0.311 e. The van der Waals surface area contributed by atoms with Gasteiger partial charge in [-0.15, -0.1) is 11.6 Å². The predicted octanol–water partition coefficient (Wildman–Crippen LogP) is 3.59. The van der Waals surface area contributed by atoms with Crippen LogP contribution in [0.1, 0.15) is 18.9 Å². The van der Waals surface area contributed by atoms with Gasteiger partial charge in [0.2, 0.25) is 0 Å². The highest BCUT2D eigenvalue weighted by Gasteiger charge is 2.04. The molecule has 0 aliphatic heterocycles. The van der Waals surface area contributed by atoms with E-state index in [1.54, 1.807) is 6.07 Å². The lowest BCUT2D eigenvalue weighted by atomic mass is 10.2. The second-order valence-corrected chi connectivity index (χ2v) is 4.40. The van der Waals surface area contributed by atoms with Crippen LogP contribution in [-0.4, -0.2) is 11.9 Å². The monoisotopic (exact) mass is 249 g/mol. The maximum Gasteiger partial charge on any atom is 0.123 e. The number of hydrogen-bond donors (Lipinski definition) is 1. The van der Waals surface area contributed by atoms with Crippen molar-refractivity contribution >= 4 is 23.2 Å². The van der Waals surface area contributed by atoms with E-state index in [9.17, 15) is 4.39 Å². The van der Waals surface area contributed by atoms with Crippen molar-refractivity contribution in [1.29, 1.82) is 0 Å². The van der Waals surface area contributed by atoms with Crippen LogP contribution in [-0.2, 0) is 6.54 Å². The zero-order chi connectivity index (χ0) is 11.3. The molecule has 0 amide bonds. The summed E-state index contributed by atoms with van der Waals surface area (Å²) < 4.78 is 12.9. The van der Waals surface area contributed by atoms with Gasteiger partial charge in [0.25, 0.3) is 0 Å². The summed E-state index contributed by atoms with van der Waals surface area (Å²) in [7, 11) is 0. The van der Waals surface area contributed by atoms with Gasteiger partial charge in [0.1, 0.15) is 5.82 Å². The Bertz CT molecular complexity index is 317. The third-order valence-corrected chi connectivity index (χ3v) is 2.96. The van der Waals surface area contributed by atoms with Crippen LogP contribution >= 0.6 is 23.2 Å². The Balaban J connectivity index is 2.46. The van der Waals surface area contributed by atoms with E-state index in [-0.39, 0.29) is 11.2 Å². The molecule has 1 aromatic carbocycles. The summed E-state index contributed by atoms with van der Waals surface area (Å²) in [5.41, 5.74) is 0.761. The van der Waals surface area contributed by atoms with Crippen molar-refractivity contribution in [1.82, 2.24) is 5.32 Å². The Labute approximate surface area is 99.6 Å². The van der Waals surface area contributed by atoms with E-state index < -0.39 is 0 Å². The van der Waals surface area contributed by atoms with Crippen molar-refractivity contribution < 1.29 is 4.39 Å². The second-order valence-electron chi connectivity index (χ2n) is 3.37. The minimum Gasteiger partial charge on any atom is -0.311 e. The van der Waals surface area contributed by atoms with E-state index in [4.69, 9.17) is 23.2 Å². The fourth-order valence-corrected chi connectivity index (χ4v) is 1.48. The molecule has 0 saturated carbocycles. The van der Waals surface area contributed by atoms with Gasteiger partial charge in [-0.1, -0.05) is 18.5 Å². The van der Waals surface area contributed by atoms with Crippen molar-refractivity contribution in [3.63, 3.8) is 0 Å². The van der Waals surface area contributed by atoms with Crippen LogP contribution in [0.2, 0.25) is 5.02 Å². The molecule has 0 saturated heterocycles. The third-order valence-electron chi connectivity index (χ3n) is 2.13. The van der Waals surface area contributed by atoms with Crippen LogP contribution in [0.15, 0.2) is 18.2 Å². The Morgan fingerprint density at radius 1 is 1.47 bits per heavy atom. The lowest BCUT2D eigenvalue weighted by Crippen LogP contribution is -2.22. The highest BCUT2D eigenvalue weighted by molar-refractivity contribution is 6.31. The van der Waals surface area contributed by atoms with Crippen LogP contribution in [0, 0.1) is 5.82 Å². The standard InChI is InChI=1S/C11H14Cl2FN/c1-2-9(12)7-15-6-8-5-10(14)3-4-11(8)13/h3-5,9,15H,2,6-7H2,1H3. The molecule has 4 heteroatoms. The summed E-state index contributed by atoms with van der Waals surface area (Å²) in [4.78, 5) is 0. The maximum absolute atomic E-state index is 12.9. The van der Waals surface area contributed by atoms with Gasteiger partial charge in [-0.25, -0.2) is 4.39 Å². The number of rotatable bonds is 5. The molecule has 0 aliphatic carbocycles. The predicted molar refractivity (Wildman–Crippen MR) is 63.0 cm³/mol. The van der Waals surface area contributed by atoms with Crippen molar-refractivity contribution in [3.8, 4) is 0 Å². The van der Waals surface area contributed by atoms with Gasteiger partial charge < -0.3 is 5.32 Å². The Morgan fingerprint density at radius 3 is 2.87 bits per heavy atom. The van der Waals surface area contributed by atoms with Gasteiger partial charge in [-0.05, 0) is 30.2 Å². The Kier molecular flexibility index (Phi) is 5.37. The van der Waals surface area contributed by atoms with Crippen LogP contribution in [0.3, 0.4) is 0 Å². The second kappa shape index (κ2) is 6.31. The van der Waals surface area contributed by atoms with E-state index in [1.807, 2.05) is 6.92 Å². The molecule has 1 atom stereocenters. The summed E-state index contributed by atoms with van der Waals surface area (Å²) in [6, 6.07) is 4.35. The highest BCUT2D eigenvalue weighted by atomic mass is 35.5. The van der Waals surface area contributed by atoms with Crippen molar-refractivity contribution in [2.24, 2.45) is 0 Å². The van der Waals surface area contributed by atoms with Crippen molar-refractivity contribution in [3.05, 3.63) is 34.6 Å². The summed E-state index contributed by atoms with van der Waals surface area (Å²) in [5.74, 6) is -0.269. The third kappa shape index (κ3) is 4.37. The molecule has 0 spiro atoms. The quantitative estimate of drug-likeness (QED) is 0.787. The number of benzene rings is 1. The zero-order valence-electron chi connectivity index (χ0n) is 8.56. The first kappa shape index (κ1) is 12.8. The van der Waals surface area contributed by atoms with E-state index in [2.05, 4.69) is 5.32 Å². The molecule has 0 fully saturated rings. The molecule has 0 radical (unpaired) electrons. The van der Waals surface area contributed by atoms with Crippen molar-refractivity contribution in [2.75, 3.05) is 6.54 Å². The molecule has 1 aromatic rings. The van der Waals surface area contributed by atoms with Gasteiger partial charge in [-0.3, -0.25) is 0 Å². The zero-order valence-corrected chi connectivity index (χ0v) is 10.1. The van der Waals surface area contributed by atoms with Gasteiger partial charge in [0.05, 0.1) is 0 Å². The molecule has 1 nitrogen and oxygen atoms in total. The Hall–Kier alpha value is -0.310. The molecule has 1 rings (SSSR count). The molecule has 0 aliphatic rings. The van der Waals surface area contributed by atoms with Gasteiger partial charge >= 0.3 is 0 Å². The molecule has 1 N–H and O–H groups in total. The normalized spacial score (nSPS) is 12.8. The molecule has 0 bridgehead atoms. The lowest BCUT2D eigenvalue weighted by molar-refractivity contribution is 0.615. The van der Waals surface area contributed by atoms with Gasteiger partial charge in [0, 0.05) is 23.5 Å². The average Bonchev–Trinajstić information content (AvgIpc) is 2.23. The topological polar surface area (TPSA) is 12.0 Å². The van der Waals surface area contributed by atoms with Crippen LogP contribution < -0.4 is 5.32 Å². The lowest BCUT2D eigenvalue weighted by Gasteiger charge is -2.09. The first-order chi connectivity index (χ1) is 7.13. The average molecular weight is 250 g/mol. The summed E-state index contributed by atoms with van der Waals surface area (Å²) in [6.45, 7) is 3.26. The number of nitrogens with one attached hydrogen (secondary N) is 1. The summed E-state index contributed by atoms with van der Waals surface area (Å²) in [6.07, 6.45) is 0.908. The summed E-state index contributed by atoms with van der Waals surface area (Å²) >= 11 is 11.8. The molecule has 1 unspecified atom stereocenters. The minimum absolute atomic E-state index is 0.109. The fourth-order valence-electron chi connectivity index (χ4n) is 1.19. The number of alkyl halides is 1. The van der Waals surface area contributed by atoms with E-state index in [1.165, 1.54) is 12.1 Å². The number of halogens is 3. The maximum atomic E-state index is 12.9. The highest BCUT2D eigenvalue weighted by Crippen LogP contribution is 2.16. The molecule has 0 aromatic heterocycles. The number of hydrogen-bond acceptors (Lipinski definition) is 1. The van der Waals surface area contributed by atoms with Crippen molar-refractivity contribution in [2.45, 2.75) is 25.3 Å². The van der Waals surface area contributed by atoms with Crippen LogP contribution in [0.25, 0.3) is 0 Å². The smallest absolute Gasteiger partial charge is 0.123 e. The van der Waals surface area contributed by atoms with E-state index in [0.29, 0.717) is 18.1 Å². The molecule has 84 valence electrons. The molecular formula is C11H14Cl2FN. The minimum atomic E-state index is -0.269. The molecular weight excluding hydrogens is 236 g/mol. The Morgan fingerprint density at radius 2 is 2.20 bits per heavy atom. The molecule has 0 heterocycles. The van der Waals surface area contributed by atoms with E-state index in [0.717, 1.165) is 12.0 Å².